The van der Waals surface area contributed by atoms with Gasteiger partial charge in [0.2, 0.25) is 10.0 Å². The molecule has 6 heteroatoms. The molecule has 0 radical (unpaired) electrons. The summed E-state index contributed by atoms with van der Waals surface area (Å²) in [5.41, 5.74) is 6.26. The van der Waals surface area contributed by atoms with E-state index in [9.17, 15) is 8.42 Å². The van der Waals surface area contributed by atoms with Crippen LogP contribution in [0.3, 0.4) is 0 Å². The number of hydrogen-bond donors (Lipinski definition) is 1. The lowest BCUT2D eigenvalue weighted by atomic mass is 10.2. The first-order valence-electron chi connectivity index (χ1n) is 5.81. The number of methoxy groups -OCH3 is 1. The van der Waals surface area contributed by atoms with Crippen LogP contribution in [-0.4, -0.2) is 32.9 Å². The van der Waals surface area contributed by atoms with E-state index >= 15 is 0 Å². The first kappa shape index (κ1) is 15.5. The Hall–Kier alpha value is -1.55. The van der Waals surface area contributed by atoms with Crippen LogP contribution in [0.2, 0.25) is 0 Å². The summed E-state index contributed by atoms with van der Waals surface area (Å²) in [7, 11) is -2.25. The van der Waals surface area contributed by atoms with Gasteiger partial charge < -0.3 is 10.5 Å². The highest BCUT2D eigenvalue weighted by molar-refractivity contribution is 7.89. The second-order valence-corrected chi connectivity index (χ2v) is 5.73. The molecule has 0 bridgehead atoms. The lowest BCUT2D eigenvalue weighted by Gasteiger charge is -2.20. The van der Waals surface area contributed by atoms with Gasteiger partial charge in [-0.05, 0) is 17.7 Å². The molecule has 0 aliphatic carbocycles. The Labute approximate surface area is 114 Å². The standard InChI is InChI=1S/C13H18N2O3S/c1-4-8-15(5-2)19(16,17)13-9-11(10-14)6-7-12(13)18-3/h1,6-7,9H,5,8,10,14H2,2-3H3. The average molecular weight is 282 g/mol. The van der Waals surface area contributed by atoms with Crippen molar-refractivity contribution in [2.45, 2.75) is 18.4 Å². The van der Waals surface area contributed by atoms with Crippen LogP contribution in [0.5, 0.6) is 5.75 Å². The normalized spacial score (nSPS) is 11.3. The van der Waals surface area contributed by atoms with E-state index in [0.29, 0.717) is 6.54 Å². The Balaban J connectivity index is 3.37. The Bertz CT molecular complexity index is 576. The monoisotopic (exact) mass is 282 g/mol. The molecule has 0 atom stereocenters. The molecule has 1 rings (SSSR count). The summed E-state index contributed by atoms with van der Waals surface area (Å²) >= 11 is 0. The van der Waals surface area contributed by atoms with E-state index in [0.717, 1.165) is 5.56 Å². The number of rotatable bonds is 6. The van der Waals surface area contributed by atoms with Crippen molar-refractivity contribution < 1.29 is 13.2 Å². The largest absolute Gasteiger partial charge is 0.495 e. The number of benzene rings is 1. The SMILES string of the molecule is C#CCN(CC)S(=O)(=O)c1cc(CN)ccc1OC. The van der Waals surface area contributed by atoms with Crippen LogP contribution in [0.25, 0.3) is 0 Å². The third-order valence-corrected chi connectivity index (χ3v) is 4.64. The van der Waals surface area contributed by atoms with Gasteiger partial charge in [-0.1, -0.05) is 18.9 Å². The molecule has 0 heterocycles. The average Bonchev–Trinajstić information content (AvgIpc) is 2.43. The van der Waals surface area contributed by atoms with Gasteiger partial charge in [-0.25, -0.2) is 8.42 Å². The summed E-state index contributed by atoms with van der Waals surface area (Å²) < 4.78 is 31.3. The van der Waals surface area contributed by atoms with Gasteiger partial charge in [-0.2, -0.15) is 4.31 Å². The minimum atomic E-state index is -3.68. The summed E-state index contributed by atoms with van der Waals surface area (Å²) in [5.74, 6) is 2.63. The zero-order valence-electron chi connectivity index (χ0n) is 11.1. The van der Waals surface area contributed by atoms with E-state index in [1.54, 1.807) is 19.1 Å². The Morgan fingerprint density at radius 1 is 1.47 bits per heavy atom. The maximum atomic E-state index is 12.5. The molecule has 104 valence electrons. The predicted octanol–water partition coefficient (Wildman–Crippen LogP) is 0.798. The minimum absolute atomic E-state index is 0.0227. The zero-order chi connectivity index (χ0) is 14.5. The van der Waals surface area contributed by atoms with Crippen molar-refractivity contribution in [2.75, 3.05) is 20.2 Å². The van der Waals surface area contributed by atoms with Crippen LogP contribution in [0.4, 0.5) is 0 Å². The second kappa shape index (κ2) is 6.57. The third-order valence-electron chi connectivity index (χ3n) is 2.70. The number of ether oxygens (including phenoxy) is 1. The van der Waals surface area contributed by atoms with Crippen LogP contribution in [0.1, 0.15) is 12.5 Å². The Kier molecular flexibility index (Phi) is 5.36. The van der Waals surface area contributed by atoms with Crippen LogP contribution < -0.4 is 10.5 Å². The first-order chi connectivity index (χ1) is 9.01. The second-order valence-electron chi connectivity index (χ2n) is 3.82. The predicted molar refractivity (Wildman–Crippen MR) is 74.2 cm³/mol. The van der Waals surface area contributed by atoms with E-state index in [4.69, 9.17) is 16.9 Å². The highest BCUT2D eigenvalue weighted by atomic mass is 32.2. The fourth-order valence-corrected chi connectivity index (χ4v) is 3.23. The molecular weight excluding hydrogens is 264 g/mol. The van der Waals surface area contributed by atoms with Crippen molar-refractivity contribution in [3.05, 3.63) is 23.8 Å². The van der Waals surface area contributed by atoms with Crippen molar-refractivity contribution in [2.24, 2.45) is 5.73 Å². The number of sulfonamides is 1. The fourth-order valence-electron chi connectivity index (χ4n) is 1.66. The van der Waals surface area contributed by atoms with Gasteiger partial charge in [-0.3, -0.25) is 0 Å². The van der Waals surface area contributed by atoms with Crippen LogP contribution in [0, 0.1) is 12.3 Å². The van der Waals surface area contributed by atoms with Gasteiger partial charge in [-0.15, -0.1) is 6.42 Å². The highest BCUT2D eigenvalue weighted by Crippen LogP contribution is 2.27. The molecule has 0 aliphatic heterocycles. The van der Waals surface area contributed by atoms with Gasteiger partial charge in [0.15, 0.2) is 0 Å². The molecule has 0 saturated carbocycles. The van der Waals surface area contributed by atoms with Crippen LogP contribution in [0.15, 0.2) is 23.1 Å². The quantitative estimate of drug-likeness (QED) is 0.783. The maximum absolute atomic E-state index is 12.5. The molecule has 0 saturated heterocycles. The van der Waals surface area contributed by atoms with Gasteiger partial charge >= 0.3 is 0 Å². The molecule has 0 spiro atoms. The molecule has 0 aromatic heterocycles. The summed E-state index contributed by atoms with van der Waals surface area (Å²) in [6, 6.07) is 4.85. The molecule has 0 unspecified atom stereocenters. The molecule has 19 heavy (non-hydrogen) atoms. The Morgan fingerprint density at radius 2 is 2.16 bits per heavy atom. The summed E-state index contributed by atoms with van der Waals surface area (Å²) in [4.78, 5) is 0.0926. The van der Waals surface area contributed by atoms with E-state index in [1.807, 2.05) is 0 Å². The topological polar surface area (TPSA) is 72.6 Å². The van der Waals surface area contributed by atoms with Crippen LogP contribution in [-0.2, 0) is 16.6 Å². The molecule has 5 nitrogen and oxygen atoms in total. The van der Waals surface area contributed by atoms with Gasteiger partial charge in [0.05, 0.1) is 13.7 Å². The highest BCUT2D eigenvalue weighted by Gasteiger charge is 2.26. The van der Waals surface area contributed by atoms with Gasteiger partial charge in [0, 0.05) is 13.1 Å². The number of nitrogens with two attached hydrogens (primary N) is 1. The first-order valence-corrected chi connectivity index (χ1v) is 7.25. The smallest absolute Gasteiger partial charge is 0.247 e. The number of hydrogen-bond acceptors (Lipinski definition) is 4. The molecular formula is C13H18N2O3S. The number of terminal acetylenes is 1. The van der Waals surface area contributed by atoms with Crippen molar-refractivity contribution in [3.8, 4) is 18.1 Å². The Morgan fingerprint density at radius 3 is 2.63 bits per heavy atom. The molecule has 1 aromatic carbocycles. The lowest BCUT2D eigenvalue weighted by Crippen LogP contribution is -2.31. The molecule has 0 aliphatic rings. The summed E-state index contributed by atoms with van der Waals surface area (Å²) in [6.07, 6.45) is 5.20. The zero-order valence-corrected chi connectivity index (χ0v) is 11.9. The summed E-state index contributed by atoms with van der Waals surface area (Å²) in [5, 5.41) is 0. The van der Waals surface area contributed by atoms with Gasteiger partial charge in [0.1, 0.15) is 10.6 Å². The minimum Gasteiger partial charge on any atom is -0.495 e. The van der Waals surface area contributed by atoms with Crippen molar-refractivity contribution in [3.63, 3.8) is 0 Å². The van der Waals surface area contributed by atoms with Crippen LogP contribution >= 0.6 is 0 Å². The van der Waals surface area contributed by atoms with Crippen molar-refractivity contribution in [1.82, 2.24) is 4.31 Å². The van der Waals surface area contributed by atoms with E-state index in [-0.39, 0.29) is 23.7 Å². The number of nitrogens with zero attached hydrogens (tertiary/aromatic N) is 1. The van der Waals surface area contributed by atoms with E-state index in [2.05, 4.69) is 5.92 Å². The molecule has 0 fully saturated rings. The van der Waals surface area contributed by atoms with Crippen molar-refractivity contribution >= 4 is 10.0 Å². The molecule has 1 aromatic rings. The van der Waals surface area contributed by atoms with E-state index < -0.39 is 10.0 Å². The lowest BCUT2D eigenvalue weighted by molar-refractivity contribution is 0.397. The molecule has 0 amide bonds. The van der Waals surface area contributed by atoms with Gasteiger partial charge in [0.25, 0.3) is 0 Å². The van der Waals surface area contributed by atoms with Crippen molar-refractivity contribution in [1.29, 1.82) is 0 Å². The third kappa shape index (κ3) is 3.26. The molecule has 2 N–H and O–H groups in total. The fraction of sp³-hybridized carbons (Fsp3) is 0.385. The summed E-state index contributed by atoms with van der Waals surface area (Å²) in [6.45, 7) is 2.30. The van der Waals surface area contributed by atoms with E-state index in [1.165, 1.54) is 17.5 Å². The maximum Gasteiger partial charge on any atom is 0.247 e.